The molecule has 0 heterocycles. The number of benzene rings is 2. The van der Waals surface area contributed by atoms with Crippen LogP contribution in [0.1, 0.15) is 22.8 Å². The van der Waals surface area contributed by atoms with Gasteiger partial charge in [-0.05, 0) is 55.0 Å². The highest BCUT2D eigenvalue weighted by Crippen LogP contribution is 2.28. The predicted octanol–water partition coefficient (Wildman–Crippen LogP) is 3.44. The summed E-state index contributed by atoms with van der Waals surface area (Å²) in [6, 6.07) is 13.5. The maximum absolute atomic E-state index is 12.1. The van der Waals surface area contributed by atoms with Crippen molar-refractivity contribution in [2.45, 2.75) is 6.92 Å². The smallest absolute Gasteiger partial charge is 0.331 e. The minimum atomic E-state index is -0.645. The lowest BCUT2D eigenvalue weighted by Crippen LogP contribution is -2.12. The average molecular weight is 395 g/mol. The van der Waals surface area contributed by atoms with Gasteiger partial charge in [-0.1, -0.05) is 6.07 Å². The van der Waals surface area contributed by atoms with Crippen molar-refractivity contribution in [1.82, 2.24) is 0 Å². The van der Waals surface area contributed by atoms with Gasteiger partial charge < -0.3 is 18.9 Å². The van der Waals surface area contributed by atoms with Crippen molar-refractivity contribution in [2.75, 3.05) is 26.9 Å². The molecular weight excluding hydrogens is 374 g/mol. The fourth-order valence-corrected chi connectivity index (χ4v) is 2.35. The highest BCUT2D eigenvalue weighted by Gasteiger charge is 2.09. The molecule has 150 valence electrons. The quantitative estimate of drug-likeness (QED) is 0.345. The largest absolute Gasteiger partial charge is 0.494 e. The molecular formula is C22H21NO6. The van der Waals surface area contributed by atoms with E-state index in [1.54, 1.807) is 42.5 Å². The topological polar surface area (TPSA) is 94.9 Å². The van der Waals surface area contributed by atoms with Crippen LogP contribution < -0.4 is 14.2 Å². The Bertz CT molecular complexity index is 912. The van der Waals surface area contributed by atoms with Gasteiger partial charge in [-0.2, -0.15) is 5.26 Å². The van der Waals surface area contributed by atoms with Gasteiger partial charge >= 0.3 is 5.97 Å². The van der Waals surface area contributed by atoms with E-state index < -0.39 is 5.97 Å². The van der Waals surface area contributed by atoms with Crippen LogP contribution in [0.25, 0.3) is 6.08 Å². The van der Waals surface area contributed by atoms with E-state index in [-0.39, 0.29) is 19.0 Å². The number of methoxy groups -OCH3 is 1. The van der Waals surface area contributed by atoms with Gasteiger partial charge in [-0.3, -0.25) is 4.79 Å². The molecule has 0 fully saturated rings. The molecule has 0 aliphatic rings. The molecule has 0 aromatic heterocycles. The van der Waals surface area contributed by atoms with Crippen LogP contribution >= 0.6 is 0 Å². The number of ketones is 1. The number of esters is 1. The Labute approximate surface area is 169 Å². The van der Waals surface area contributed by atoms with Gasteiger partial charge in [0, 0.05) is 11.6 Å². The van der Waals surface area contributed by atoms with Crippen LogP contribution in [0.5, 0.6) is 17.2 Å². The SMILES string of the molecule is CCOc1ccc(C(=O)COC(=O)/C=C/c2ccc(OCC#N)c(OC)c2)cc1. The summed E-state index contributed by atoms with van der Waals surface area (Å²) in [5.74, 6) is 0.572. The van der Waals surface area contributed by atoms with Crippen LogP contribution in [0.4, 0.5) is 0 Å². The summed E-state index contributed by atoms with van der Waals surface area (Å²) < 4.78 is 20.8. The van der Waals surface area contributed by atoms with Gasteiger partial charge in [0.2, 0.25) is 0 Å². The molecule has 2 aromatic carbocycles. The number of hydrogen-bond donors (Lipinski definition) is 0. The van der Waals surface area contributed by atoms with E-state index in [4.69, 9.17) is 24.2 Å². The zero-order chi connectivity index (χ0) is 21.1. The number of carbonyl (C=O) groups is 2. The Kier molecular flexibility index (Phi) is 8.27. The first-order valence-corrected chi connectivity index (χ1v) is 8.86. The molecule has 0 saturated heterocycles. The van der Waals surface area contributed by atoms with E-state index in [1.807, 2.05) is 13.0 Å². The number of ether oxygens (including phenoxy) is 4. The second-order valence-corrected chi connectivity index (χ2v) is 5.68. The Balaban J connectivity index is 1.90. The number of carbonyl (C=O) groups excluding carboxylic acids is 2. The average Bonchev–Trinajstić information content (AvgIpc) is 2.75. The number of rotatable bonds is 10. The van der Waals surface area contributed by atoms with E-state index in [0.717, 1.165) is 0 Å². The van der Waals surface area contributed by atoms with Crippen molar-refractivity contribution >= 4 is 17.8 Å². The third-order valence-corrected chi connectivity index (χ3v) is 3.72. The monoisotopic (exact) mass is 395 g/mol. The normalized spacial score (nSPS) is 10.2. The zero-order valence-corrected chi connectivity index (χ0v) is 16.2. The van der Waals surface area contributed by atoms with Gasteiger partial charge in [0.05, 0.1) is 13.7 Å². The molecule has 7 nitrogen and oxygen atoms in total. The first-order chi connectivity index (χ1) is 14.1. The van der Waals surface area contributed by atoms with Crippen LogP contribution in [0.3, 0.4) is 0 Å². The zero-order valence-electron chi connectivity index (χ0n) is 16.2. The Morgan fingerprint density at radius 2 is 1.83 bits per heavy atom. The van der Waals surface area contributed by atoms with Gasteiger partial charge in [-0.15, -0.1) is 0 Å². The van der Waals surface area contributed by atoms with Crippen LogP contribution in [0, 0.1) is 11.3 Å². The minimum Gasteiger partial charge on any atom is -0.494 e. The highest BCUT2D eigenvalue weighted by atomic mass is 16.5. The van der Waals surface area contributed by atoms with Gasteiger partial charge in [0.25, 0.3) is 0 Å². The predicted molar refractivity (Wildman–Crippen MR) is 106 cm³/mol. The van der Waals surface area contributed by atoms with Crippen molar-refractivity contribution < 1.29 is 28.5 Å². The van der Waals surface area contributed by atoms with Crippen molar-refractivity contribution in [3.8, 4) is 23.3 Å². The summed E-state index contributed by atoms with van der Waals surface area (Å²) in [5.41, 5.74) is 1.10. The first-order valence-electron chi connectivity index (χ1n) is 8.86. The highest BCUT2D eigenvalue weighted by molar-refractivity contribution is 5.99. The van der Waals surface area contributed by atoms with Crippen molar-refractivity contribution in [3.63, 3.8) is 0 Å². The molecule has 0 radical (unpaired) electrons. The van der Waals surface area contributed by atoms with E-state index in [0.29, 0.717) is 35.0 Å². The van der Waals surface area contributed by atoms with Crippen LogP contribution in [-0.2, 0) is 9.53 Å². The minimum absolute atomic E-state index is 0.0970. The van der Waals surface area contributed by atoms with E-state index in [9.17, 15) is 9.59 Å². The van der Waals surface area contributed by atoms with Crippen LogP contribution in [-0.4, -0.2) is 38.7 Å². The maximum Gasteiger partial charge on any atom is 0.331 e. The number of nitriles is 1. The lowest BCUT2D eigenvalue weighted by Gasteiger charge is -2.08. The van der Waals surface area contributed by atoms with Gasteiger partial charge in [0.1, 0.15) is 11.8 Å². The molecule has 0 bridgehead atoms. The summed E-state index contributed by atoms with van der Waals surface area (Å²) in [7, 11) is 1.48. The second kappa shape index (κ2) is 11.1. The van der Waals surface area contributed by atoms with Crippen molar-refractivity contribution in [2.24, 2.45) is 0 Å². The van der Waals surface area contributed by atoms with Gasteiger partial charge in [0.15, 0.2) is 30.5 Å². The molecule has 0 aliphatic heterocycles. The molecule has 0 amide bonds. The molecule has 0 atom stereocenters. The molecule has 7 heteroatoms. The van der Waals surface area contributed by atoms with Crippen molar-refractivity contribution in [3.05, 3.63) is 59.7 Å². The maximum atomic E-state index is 12.1. The number of nitrogens with zero attached hydrogens (tertiary/aromatic N) is 1. The molecule has 0 saturated carbocycles. The summed E-state index contributed by atoms with van der Waals surface area (Å²) in [5, 5.41) is 8.58. The van der Waals surface area contributed by atoms with E-state index in [2.05, 4.69) is 0 Å². The third-order valence-electron chi connectivity index (χ3n) is 3.72. The molecule has 0 N–H and O–H groups in total. The Morgan fingerprint density at radius 1 is 1.07 bits per heavy atom. The van der Waals surface area contributed by atoms with Gasteiger partial charge in [-0.25, -0.2) is 4.79 Å². The molecule has 2 aromatic rings. The molecule has 2 rings (SSSR count). The standard InChI is InChI=1S/C22H21NO6/c1-3-27-18-8-6-17(7-9-18)19(24)15-29-22(25)11-5-16-4-10-20(28-13-12-23)21(14-16)26-2/h4-11,14H,3,13,15H2,1-2H3/b11-5+. The molecule has 0 aliphatic carbocycles. The van der Waals surface area contributed by atoms with Crippen LogP contribution in [0.15, 0.2) is 48.5 Å². The fourth-order valence-electron chi connectivity index (χ4n) is 2.35. The lowest BCUT2D eigenvalue weighted by molar-refractivity contribution is -0.136. The summed E-state index contributed by atoms with van der Waals surface area (Å²) >= 11 is 0. The summed E-state index contributed by atoms with van der Waals surface area (Å²) in [6.07, 6.45) is 2.75. The van der Waals surface area contributed by atoms with Crippen LogP contribution in [0.2, 0.25) is 0 Å². The third kappa shape index (κ3) is 6.70. The Hall–Kier alpha value is -3.79. The number of Topliss-reactive ketones (excluding diaryl/α,β-unsaturated/α-hetero) is 1. The van der Waals surface area contributed by atoms with Crippen molar-refractivity contribution in [1.29, 1.82) is 5.26 Å². The molecule has 0 unspecified atom stereocenters. The number of hydrogen-bond acceptors (Lipinski definition) is 7. The summed E-state index contributed by atoms with van der Waals surface area (Å²) in [4.78, 5) is 24.0. The first kappa shape index (κ1) is 21.5. The molecule has 0 spiro atoms. The van der Waals surface area contributed by atoms with E-state index >= 15 is 0 Å². The molecule has 29 heavy (non-hydrogen) atoms. The van der Waals surface area contributed by atoms with E-state index in [1.165, 1.54) is 19.3 Å². The Morgan fingerprint density at radius 3 is 2.48 bits per heavy atom. The second-order valence-electron chi connectivity index (χ2n) is 5.68. The summed E-state index contributed by atoms with van der Waals surface area (Å²) in [6.45, 7) is 1.96. The lowest BCUT2D eigenvalue weighted by atomic mass is 10.1. The fraction of sp³-hybridized carbons (Fsp3) is 0.227.